The van der Waals surface area contributed by atoms with Crippen molar-refractivity contribution >= 4 is 31.0 Å². The van der Waals surface area contributed by atoms with E-state index in [-0.39, 0.29) is 16.5 Å². The lowest BCUT2D eigenvalue weighted by molar-refractivity contribution is 0.291. The quantitative estimate of drug-likeness (QED) is 0.840. The molecule has 0 bridgehead atoms. The monoisotopic (exact) mass is 318 g/mol. The highest BCUT2D eigenvalue weighted by Crippen LogP contribution is 2.46. The van der Waals surface area contributed by atoms with Crippen LogP contribution in [0.3, 0.4) is 0 Å². The van der Waals surface area contributed by atoms with Crippen molar-refractivity contribution in [2.75, 3.05) is 0 Å². The van der Waals surface area contributed by atoms with E-state index in [9.17, 15) is 9.46 Å². The predicted molar refractivity (Wildman–Crippen MR) is 74.0 cm³/mol. The SMILES string of the molecule is O=P(O)(Oc1ccccc1)Oc1ccc(Cl)cc1Cl. The van der Waals surface area contributed by atoms with Gasteiger partial charge in [0, 0.05) is 5.02 Å². The van der Waals surface area contributed by atoms with E-state index in [1.54, 1.807) is 18.2 Å². The van der Waals surface area contributed by atoms with Gasteiger partial charge in [-0.15, -0.1) is 0 Å². The molecule has 1 atom stereocenters. The molecule has 0 saturated heterocycles. The normalized spacial score (nSPS) is 13.6. The highest BCUT2D eigenvalue weighted by atomic mass is 35.5. The Balaban J connectivity index is 2.15. The van der Waals surface area contributed by atoms with Gasteiger partial charge in [0.15, 0.2) is 5.75 Å². The standard InChI is InChI=1S/C12H9Cl2O4P/c13-9-6-7-12(11(14)8-9)18-19(15,16)17-10-4-2-1-3-5-10/h1-8H,(H,15,16). The molecule has 0 heterocycles. The molecule has 0 aromatic heterocycles. The van der Waals surface area contributed by atoms with Gasteiger partial charge in [0.2, 0.25) is 0 Å². The van der Waals surface area contributed by atoms with Crippen LogP contribution in [-0.2, 0) is 4.57 Å². The van der Waals surface area contributed by atoms with Crippen molar-refractivity contribution in [1.29, 1.82) is 0 Å². The molecule has 0 aliphatic rings. The number of phosphoric acid groups is 1. The van der Waals surface area contributed by atoms with E-state index in [0.29, 0.717) is 5.02 Å². The molecule has 2 rings (SSSR count). The lowest BCUT2D eigenvalue weighted by Crippen LogP contribution is -2.00. The van der Waals surface area contributed by atoms with Crippen LogP contribution in [0.2, 0.25) is 10.0 Å². The first-order valence-corrected chi connectivity index (χ1v) is 7.43. The summed E-state index contributed by atoms with van der Waals surface area (Å²) in [6, 6.07) is 12.5. The second-order valence-electron chi connectivity index (χ2n) is 3.54. The van der Waals surface area contributed by atoms with Crippen molar-refractivity contribution in [1.82, 2.24) is 0 Å². The third-order valence-corrected chi connectivity index (χ3v) is 3.47. The lowest BCUT2D eigenvalue weighted by Gasteiger charge is -2.14. The molecule has 0 amide bonds. The van der Waals surface area contributed by atoms with Gasteiger partial charge < -0.3 is 9.05 Å². The molecule has 0 aliphatic heterocycles. The minimum absolute atomic E-state index is 0.0211. The topological polar surface area (TPSA) is 55.8 Å². The van der Waals surface area contributed by atoms with Crippen LogP contribution in [0.5, 0.6) is 11.5 Å². The number of rotatable bonds is 4. The summed E-state index contributed by atoms with van der Waals surface area (Å²) >= 11 is 11.6. The fraction of sp³-hybridized carbons (Fsp3) is 0. The average molecular weight is 319 g/mol. The zero-order valence-corrected chi connectivity index (χ0v) is 11.9. The van der Waals surface area contributed by atoms with Crippen LogP contribution in [-0.4, -0.2) is 4.89 Å². The Kier molecular flexibility index (Phi) is 4.38. The molecule has 1 N–H and O–H groups in total. The van der Waals surface area contributed by atoms with Crippen molar-refractivity contribution in [2.24, 2.45) is 0 Å². The average Bonchev–Trinajstić information content (AvgIpc) is 2.33. The molecular weight excluding hydrogens is 310 g/mol. The molecular formula is C12H9Cl2O4P. The Bertz CT molecular complexity index is 618. The van der Waals surface area contributed by atoms with E-state index < -0.39 is 7.82 Å². The second kappa shape index (κ2) is 5.85. The van der Waals surface area contributed by atoms with E-state index >= 15 is 0 Å². The van der Waals surface area contributed by atoms with Gasteiger partial charge >= 0.3 is 7.82 Å². The molecule has 0 aliphatic carbocycles. The fourth-order valence-electron chi connectivity index (χ4n) is 1.31. The van der Waals surface area contributed by atoms with Crippen molar-refractivity contribution < 1.29 is 18.5 Å². The molecule has 2 aromatic carbocycles. The van der Waals surface area contributed by atoms with Gasteiger partial charge in [-0.3, -0.25) is 4.89 Å². The molecule has 100 valence electrons. The second-order valence-corrected chi connectivity index (χ2v) is 5.68. The molecule has 19 heavy (non-hydrogen) atoms. The zero-order valence-electron chi connectivity index (χ0n) is 9.49. The Morgan fingerprint density at radius 2 is 1.68 bits per heavy atom. The van der Waals surface area contributed by atoms with E-state index in [4.69, 9.17) is 32.2 Å². The van der Waals surface area contributed by atoms with Crippen LogP contribution < -0.4 is 9.05 Å². The molecule has 0 fully saturated rings. The van der Waals surface area contributed by atoms with Crippen LogP contribution in [0.15, 0.2) is 48.5 Å². The van der Waals surface area contributed by atoms with Crippen LogP contribution in [0.25, 0.3) is 0 Å². The van der Waals surface area contributed by atoms with Crippen LogP contribution in [0.4, 0.5) is 0 Å². The van der Waals surface area contributed by atoms with Crippen molar-refractivity contribution in [3.8, 4) is 11.5 Å². The number of benzene rings is 2. The third kappa shape index (κ3) is 4.15. The predicted octanol–water partition coefficient (Wildman–Crippen LogP) is 4.55. The summed E-state index contributed by atoms with van der Waals surface area (Å²) in [7, 11) is -4.31. The molecule has 2 aromatic rings. The highest BCUT2D eigenvalue weighted by Gasteiger charge is 2.26. The first-order chi connectivity index (χ1) is 8.96. The molecule has 0 radical (unpaired) electrons. The Hall–Kier alpha value is -1.19. The van der Waals surface area contributed by atoms with Crippen LogP contribution >= 0.6 is 31.0 Å². The van der Waals surface area contributed by atoms with Gasteiger partial charge in [0.05, 0.1) is 5.02 Å². The van der Waals surface area contributed by atoms with E-state index in [1.165, 1.54) is 30.3 Å². The minimum Gasteiger partial charge on any atom is -0.395 e. The summed E-state index contributed by atoms with van der Waals surface area (Å²) in [6.45, 7) is 0. The summed E-state index contributed by atoms with van der Waals surface area (Å²) in [4.78, 5) is 9.63. The Morgan fingerprint density at radius 3 is 2.32 bits per heavy atom. The lowest BCUT2D eigenvalue weighted by atomic mass is 10.3. The molecule has 1 unspecified atom stereocenters. The summed E-state index contributed by atoms with van der Waals surface area (Å²) in [5, 5.41) is 0.521. The summed E-state index contributed by atoms with van der Waals surface area (Å²) in [6.07, 6.45) is 0. The van der Waals surface area contributed by atoms with Gasteiger partial charge in [-0.1, -0.05) is 41.4 Å². The first-order valence-electron chi connectivity index (χ1n) is 5.18. The minimum atomic E-state index is -4.31. The Morgan fingerprint density at radius 1 is 1.00 bits per heavy atom. The number of halogens is 2. The van der Waals surface area contributed by atoms with Gasteiger partial charge in [-0.05, 0) is 30.3 Å². The molecule has 4 nitrogen and oxygen atoms in total. The maximum Gasteiger partial charge on any atom is 0.584 e. The number of hydrogen-bond acceptors (Lipinski definition) is 3. The van der Waals surface area contributed by atoms with E-state index in [1.807, 2.05) is 0 Å². The molecule has 0 saturated carbocycles. The van der Waals surface area contributed by atoms with Crippen molar-refractivity contribution in [2.45, 2.75) is 0 Å². The van der Waals surface area contributed by atoms with Gasteiger partial charge in [0.1, 0.15) is 5.75 Å². The number of phosphoric ester groups is 1. The summed E-state index contributed by atoms with van der Waals surface area (Å²) in [5.41, 5.74) is 0. The highest BCUT2D eigenvalue weighted by molar-refractivity contribution is 7.48. The third-order valence-electron chi connectivity index (χ3n) is 2.07. The van der Waals surface area contributed by atoms with Gasteiger partial charge in [-0.25, -0.2) is 4.57 Å². The zero-order chi connectivity index (χ0) is 13.9. The first kappa shape index (κ1) is 14.2. The fourth-order valence-corrected chi connectivity index (χ4v) is 2.64. The van der Waals surface area contributed by atoms with E-state index in [2.05, 4.69) is 0 Å². The Labute approximate surface area is 120 Å². The van der Waals surface area contributed by atoms with Crippen molar-refractivity contribution in [3.05, 3.63) is 58.6 Å². The summed E-state index contributed by atoms with van der Waals surface area (Å²) < 4.78 is 21.6. The maximum atomic E-state index is 11.8. The smallest absolute Gasteiger partial charge is 0.395 e. The number of para-hydroxylation sites is 1. The molecule has 7 heteroatoms. The van der Waals surface area contributed by atoms with E-state index in [0.717, 1.165) is 0 Å². The maximum absolute atomic E-state index is 11.8. The van der Waals surface area contributed by atoms with Crippen molar-refractivity contribution in [3.63, 3.8) is 0 Å². The summed E-state index contributed by atoms with van der Waals surface area (Å²) in [5.74, 6) is 0.242. The van der Waals surface area contributed by atoms with Gasteiger partial charge in [0.25, 0.3) is 0 Å². The molecule has 0 spiro atoms. The van der Waals surface area contributed by atoms with Crippen LogP contribution in [0.1, 0.15) is 0 Å². The van der Waals surface area contributed by atoms with Gasteiger partial charge in [-0.2, -0.15) is 0 Å². The largest absolute Gasteiger partial charge is 0.584 e. The van der Waals surface area contributed by atoms with Crippen LogP contribution in [0, 0.1) is 0 Å². The number of hydrogen-bond donors (Lipinski definition) is 1.